The zero-order valence-corrected chi connectivity index (χ0v) is 9.55. The van der Waals surface area contributed by atoms with E-state index in [-0.39, 0.29) is 12.4 Å². The highest BCUT2D eigenvalue weighted by molar-refractivity contribution is 9.10. The Balaban J connectivity index is 0.00000121. The Hall–Kier alpha value is 0.0400. The highest BCUT2D eigenvalue weighted by Gasteiger charge is 2.02. The highest BCUT2D eigenvalue weighted by Crippen LogP contribution is 2.28. The summed E-state index contributed by atoms with van der Waals surface area (Å²) in [6, 6.07) is 3.64. The van der Waals surface area contributed by atoms with Crippen molar-refractivity contribution in [1.82, 2.24) is 0 Å². The quantitative estimate of drug-likeness (QED) is 0.608. The van der Waals surface area contributed by atoms with E-state index in [9.17, 15) is 0 Å². The Morgan fingerprint density at radius 1 is 1.50 bits per heavy atom. The predicted octanol–water partition coefficient (Wildman–Crippen LogP) is 3.12. The number of hydrazine groups is 1. The molecule has 0 spiro atoms. The lowest BCUT2D eigenvalue weighted by atomic mass is 10.2. The predicted molar refractivity (Wildman–Crippen MR) is 58.9 cm³/mol. The molecule has 0 saturated heterocycles. The van der Waals surface area contributed by atoms with Crippen LogP contribution in [0.5, 0.6) is 0 Å². The molecular formula is C7H9BrCl2N2. The second-order valence-corrected chi connectivity index (χ2v) is 3.51. The first-order valence-electron chi connectivity index (χ1n) is 3.07. The molecule has 0 amide bonds. The molecule has 5 heteroatoms. The number of anilines is 1. The molecule has 0 aromatic heterocycles. The number of rotatable bonds is 1. The number of nitrogens with two attached hydrogens (primary N) is 1. The minimum Gasteiger partial charge on any atom is -0.323 e. The van der Waals surface area contributed by atoms with Crippen LogP contribution < -0.4 is 11.3 Å². The van der Waals surface area contributed by atoms with E-state index in [0.717, 1.165) is 15.7 Å². The highest BCUT2D eigenvalue weighted by atomic mass is 79.9. The number of benzene rings is 1. The van der Waals surface area contributed by atoms with Gasteiger partial charge < -0.3 is 5.43 Å². The summed E-state index contributed by atoms with van der Waals surface area (Å²) in [5.74, 6) is 5.28. The molecule has 0 aliphatic heterocycles. The van der Waals surface area contributed by atoms with Gasteiger partial charge in [0.15, 0.2) is 0 Å². The molecule has 0 atom stereocenters. The molecule has 12 heavy (non-hydrogen) atoms. The summed E-state index contributed by atoms with van der Waals surface area (Å²) in [6.45, 7) is 1.94. The summed E-state index contributed by atoms with van der Waals surface area (Å²) < 4.78 is 0.880. The summed E-state index contributed by atoms with van der Waals surface area (Å²) in [5.41, 5.74) is 4.48. The zero-order chi connectivity index (χ0) is 8.43. The lowest BCUT2D eigenvalue weighted by molar-refractivity contribution is 1.30. The van der Waals surface area contributed by atoms with Crippen LogP contribution in [0, 0.1) is 6.92 Å². The van der Waals surface area contributed by atoms with E-state index in [0.29, 0.717) is 5.02 Å². The van der Waals surface area contributed by atoms with Gasteiger partial charge in [-0.2, -0.15) is 0 Å². The van der Waals surface area contributed by atoms with Crippen molar-refractivity contribution in [2.75, 3.05) is 5.43 Å². The Morgan fingerprint density at radius 2 is 2.08 bits per heavy atom. The fourth-order valence-electron chi connectivity index (χ4n) is 0.885. The fourth-order valence-corrected chi connectivity index (χ4v) is 1.96. The van der Waals surface area contributed by atoms with Crippen LogP contribution in [-0.2, 0) is 0 Å². The Bertz CT molecular complexity index is 255. The van der Waals surface area contributed by atoms with Crippen molar-refractivity contribution in [1.29, 1.82) is 0 Å². The number of nitrogens with one attached hydrogen (secondary N) is 1. The van der Waals surface area contributed by atoms with E-state index in [2.05, 4.69) is 21.4 Å². The monoisotopic (exact) mass is 270 g/mol. The number of nitrogen functional groups attached to an aromatic ring is 1. The summed E-state index contributed by atoms with van der Waals surface area (Å²) in [5, 5.41) is 0.702. The lowest BCUT2D eigenvalue weighted by Gasteiger charge is -2.07. The average Bonchev–Trinajstić information content (AvgIpc) is 1.85. The van der Waals surface area contributed by atoms with Crippen LogP contribution in [0.1, 0.15) is 5.56 Å². The summed E-state index contributed by atoms with van der Waals surface area (Å²) in [4.78, 5) is 0. The van der Waals surface area contributed by atoms with Crippen molar-refractivity contribution in [3.05, 3.63) is 27.2 Å². The Morgan fingerprint density at radius 3 is 2.50 bits per heavy atom. The smallest absolute Gasteiger partial charge is 0.0657 e. The van der Waals surface area contributed by atoms with Crippen LogP contribution in [0.15, 0.2) is 16.6 Å². The molecule has 0 heterocycles. The van der Waals surface area contributed by atoms with E-state index < -0.39 is 0 Å². The van der Waals surface area contributed by atoms with E-state index in [1.54, 1.807) is 6.07 Å². The number of hydrogen-bond donors (Lipinski definition) is 2. The third-order valence-electron chi connectivity index (χ3n) is 1.40. The number of aryl methyl sites for hydroxylation is 1. The minimum atomic E-state index is 0. The van der Waals surface area contributed by atoms with Crippen molar-refractivity contribution in [2.45, 2.75) is 6.92 Å². The number of hydrogen-bond acceptors (Lipinski definition) is 2. The van der Waals surface area contributed by atoms with Crippen molar-refractivity contribution < 1.29 is 0 Å². The first-order chi connectivity index (χ1) is 5.15. The van der Waals surface area contributed by atoms with Gasteiger partial charge in [-0.05, 0) is 40.5 Å². The molecule has 0 radical (unpaired) electrons. The standard InChI is InChI=1S/C7H8BrClN2.ClH/c1-4-2-5(9)3-6(8)7(4)11-10;/h2-3,11H,10H2,1H3;1H. The van der Waals surface area contributed by atoms with E-state index in [1.165, 1.54) is 0 Å². The molecule has 2 nitrogen and oxygen atoms in total. The Kier molecular flexibility index (Phi) is 4.94. The van der Waals surface area contributed by atoms with Gasteiger partial charge in [-0.15, -0.1) is 12.4 Å². The SMILES string of the molecule is Cc1cc(Cl)cc(Br)c1NN.Cl. The van der Waals surface area contributed by atoms with E-state index in [1.807, 2.05) is 13.0 Å². The third-order valence-corrected chi connectivity index (χ3v) is 2.24. The third kappa shape index (κ3) is 2.52. The zero-order valence-electron chi connectivity index (χ0n) is 6.40. The molecule has 0 fully saturated rings. The molecule has 1 aromatic carbocycles. The molecule has 3 N–H and O–H groups in total. The first kappa shape index (κ1) is 12.0. The van der Waals surface area contributed by atoms with Crippen LogP contribution in [0.25, 0.3) is 0 Å². The fraction of sp³-hybridized carbons (Fsp3) is 0.143. The number of halogens is 3. The van der Waals surface area contributed by atoms with Crippen LogP contribution >= 0.6 is 39.9 Å². The largest absolute Gasteiger partial charge is 0.323 e. The molecular weight excluding hydrogens is 263 g/mol. The van der Waals surface area contributed by atoms with E-state index in [4.69, 9.17) is 17.4 Å². The Labute approximate surface area is 91.0 Å². The van der Waals surface area contributed by atoms with Crippen molar-refractivity contribution in [3.63, 3.8) is 0 Å². The van der Waals surface area contributed by atoms with Crippen LogP contribution in [0.4, 0.5) is 5.69 Å². The van der Waals surface area contributed by atoms with Gasteiger partial charge in [0.25, 0.3) is 0 Å². The van der Waals surface area contributed by atoms with Gasteiger partial charge in [0.2, 0.25) is 0 Å². The second kappa shape index (κ2) is 4.92. The van der Waals surface area contributed by atoms with Gasteiger partial charge >= 0.3 is 0 Å². The van der Waals surface area contributed by atoms with Crippen molar-refractivity contribution >= 4 is 45.6 Å². The molecule has 68 valence electrons. The normalized spacial score (nSPS) is 9.00. The van der Waals surface area contributed by atoms with Gasteiger partial charge in [-0.3, -0.25) is 5.84 Å². The lowest BCUT2D eigenvalue weighted by Crippen LogP contribution is -2.08. The average molecular weight is 272 g/mol. The van der Waals surface area contributed by atoms with Gasteiger partial charge in [0.05, 0.1) is 5.69 Å². The molecule has 0 bridgehead atoms. The van der Waals surface area contributed by atoms with Crippen LogP contribution in [0.3, 0.4) is 0 Å². The molecule has 0 saturated carbocycles. The maximum Gasteiger partial charge on any atom is 0.0657 e. The molecule has 0 aliphatic carbocycles. The van der Waals surface area contributed by atoms with Crippen molar-refractivity contribution in [3.8, 4) is 0 Å². The van der Waals surface area contributed by atoms with E-state index >= 15 is 0 Å². The molecule has 1 aromatic rings. The van der Waals surface area contributed by atoms with Crippen molar-refractivity contribution in [2.24, 2.45) is 5.84 Å². The van der Waals surface area contributed by atoms with Crippen LogP contribution in [0.2, 0.25) is 5.02 Å². The molecule has 0 aliphatic rings. The first-order valence-corrected chi connectivity index (χ1v) is 4.24. The maximum absolute atomic E-state index is 5.78. The summed E-state index contributed by atoms with van der Waals surface area (Å²) in [7, 11) is 0. The minimum absolute atomic E-state index is 0. The van der Waals surface area contributed by atoms with Gasteiger partial charge in [-0.1, -0.05) is 11.6 Å². The topological polar surface area (TPSA) is 38.0 Å². The van der Waals surface area contributed by atoms with Gasteiger partial charge in [-0.25, -0.2) is 0 Å². The summed E-state index contributed by atoms with van der Waals surface area (Å²) in [6.07, 6.45) is 0. The molecule has 0 unspecified atom stereocenters. The van der Waals surface area contributed by atoms with Crippen LogP contribution in [-0.4, -0.2) is 0 Å². The summed E-state index contributed by atoms with van der Waals surface area (Å²) >= 11 is 9.11. The second-order valence-electron chi connectivity index (χ2n) is 2.22. The maximum atomic E-state index is 5.78. The molecule has 1 rings (SSSR count). The van der Waals surface area contributed by atoms with Gasteiger partial charge in [0.1, 0.15) is 0 Å². The van der Waals surface area contributed by atoms with Gasteiger partial charge in [0, 0.05) is 9.50 Å².